The summed E-state index contributed by atoms with van der Waals surface area (Å²) in [5, 5.41) is 0. The van der Waals surface area contributed by atoms with Crippen LogP contribution in [0, 0.1) is 24.3 Å². The van der Waals surface area contributed by atoms with E-state index in [0.717, 1.165) is 12.8 Å². The number of hydrogen-bond donors (Lipinski definition) is 0. The van der Waals surface area contributed by atoms with Crippen molar-refractivity contribution in [3.8, 4) is 0 Å². The summed E-state index contributed by atoms with van der Waals surface area (Å²) in [4.78, 5) is 0. The van der Waals surface area contributed by atoms with E-state index in [0.29, 0.717) is 11.8 Å². The second-order valence-corrected chi connectivity index (χ2v) is 6.95. The van der Waals surface area contributed by atoms with E-state index in [1.807, 2.05) is 60.7 Å². The Labute approximate surface area is 194 Å². The Morgan fingerprint density at radius 2 is 1.07 bits per heavy atom. The standard InChI is InChI=1S/2C9H11.2C5H5.Ti/c2*1-8(2)9-6-4-3-5-7-9;2*1-2-4-5-3-1;/h2*3-6,8H,1-2H3;2*1-3H,4H2;/q4*-1;+4. The first-order valence-corrected chi connectivity index (χ1v) is 9.98. The van der Waals surface area contributed by atoms with Crippen molar-refractivity contribution in [1.29, 1.82) is 0 Å². The minimum absolute atomic E-state index is 0. The van der Waals surface area contributed by atoms with Crippen LogP contribution in [0.3, 0.4) is 0 Å². The fourth-order valence-corrected chi connectivity index (χ4v) is 2.21. The fourth-order valence-electron chi connectivity index (χ4n) is 2.21. The van der Waals surface area contributed by atoms with Crippen LogP contribution in [-0.4, -0.2) is 0 Å². The van der Waals surface area contributed by atoms with Crippen molar-refractivity contribution >= 4 is 0 Å². The number of allylic oxidation sites excluding steroid dienone is 8. The number of rotatable bonds is 2. The Morgan fingerprint density at radius 1 is 0.655 bits per heavy atom. The molecule has 0 N–H and O–H groups in total. The zero-order chi connectivity index (χ0) is 20.5. The summed E-state index contributed by atoms with van der Waals surface area (Å²) in [5.41, 5.74) is 2.58. The molecule has 0 heterocycles. The van der Waals surface area contributed by atoms with Crippen LogP contribution in [0.15, 0.2) is 85.0 Å². The predicted molar refractivity (Wildman–Crippen MR) is 122 cm³/mol. The third kappa shape index (κ3) is 14.7. The Bertz CT molecular complexity index is 634. The van der Waals surface area contributed by atoms with Crippen molar-refractivity contribution in [3.63, 3.8) is 0 Å². The average molecular weight is 416 g/mol. The van der Waals surface area contributed by atoms with Gasteiger partial charge in [0.1, 0.15) is 0 Å². The topological polar surface area (TPSA) is 0 Å². The van der Waals surface area contributed by atoms with E-state index in [1.165, 1.54) is 11.1 Å². The van der Waals surface area contributed by atoms with Crippen LogP contribution in [0.4, 0.5) is 0 Å². The summed E-state index contributed by atoms with van der Waals surface area (Å²) >= 11 is 0. The number of hydrogen-bond acceptors (Lipinski definition) is 0. The minimum atomic E-state index is 0. The van der Waals surface area contributed by atoms with E-state index in [-0.39, 0.29) is 21.7 Å². The molecule has 0 saturated carbocycles. The maximum atomic E-state index is 3.17. The molecule has 0 bridgehead atoms. The van der Waals surface area contributed by atoms with Crippen LogP contribution in [0.5, 0.6) is 0 Å². The van der Waals surface area contributed by atoms with Gasteiger partial charge in [0.05, 0.1) is 0 Å². The molecule has 0 atom stereocenters. The molecule has 0 saturated heterocycles. The SMILES string of the molecule is CC(C)c1[c-]cccc1.CC(C)c1[c-]cccc1.[C-]1=CC=CC1.[C-]1=CC=CC1.[Ti+4]. The van der Waals surface area contributed by atoms with E-state index < -0.39 is 0 Å². The molecular formula is C28H32Ti. The van der Waals surface area contributed by atoms with Gasteiger partial charge in [0.25, 0.3) is 0 Å². The first-order chi connectivity index (χ1) is 13.6. The van der Waals surface area contributed by atoms with Gasteiger partial charge in [-0.25, -0.2) is 24.3 Å². The maximum absolute atomic E-state index is 3.17. The van der Waals surface area contributed by atoms with Crippen LogP contribution >= 0.6 is 0 Å². The summed E-state index contributed by atoms with van der Waals surface area (Å²) in [5.74, 6) is 1.21. The summed E-state index contributed by atoms with van der Waals surface area (Å²) in [6, 6.07) is 22.5. The molecule has 2 aromatic carbocycles. The third-order valence-electron chi connectivity index (χ3n) is 3.88. The van der Waals surface area contributed by atoms with Gasteiger partial charge in [-0.05, 0) is 11.8 Å². The molecule has 0 aliphatic heterocycles. The van der Waals surface area contributed by atoms with Gasteiger partial charge in [-0.1, -0.05) is 27.7 Å². The molecule has 148 valence electrons. The molecule has 0 unspecified atom stereocenters. The zero-order valence-corrected chi connectivity index (χ0v) is 19.7. The molecule has 2 aromatic rings. The Morgan fingerprint density at radius 3 is 1.21 bits per heavy atom. The largest absolute Gasteiger partial charge is 4.00 e. The molecule has 2 aliphatic carbocycles. The van der Waals surface area contributed by atoms with Crippen LogP contribution in [0.1, 0.15) is 63.5 Å². The van der Waals surface area contributed by atoms with Crippen LogP contribution in [-0.2, 0) is 21.7 Å². The second kappa shape index (κ2) is 18.2. The summed E-state index contributed by atoms with van der Waals surface area (Å²) in [7, 11) is 0. The van der Waals surface area contributed by atoms with E-state index in [1.54, 1.807) is 0 Å². The van der Waals surface area contributed by atoms with Crippen molar-refractivity contribution in [2.24, 2.45) is 0 Å². The van der Waals surface area contributed by atoms with Crippen molar-refractivity contribution in [2.45, 2.75) is 52.4 Å². The number of benzene rings is 2. The molecule has 1 heteroatoms. The van der Waals surface area contributed by atoms with Gasteiger partial charge in [-0.3, -0.25) is 12.2 Å². The van der Waals surface area contributed by atoms with Crippen molar-refractivity contribution in [2.75, 3.05) is 0 Å². The molecule has 29 heavy (non-hydrogen) atoms. The van der Waals surface area contributed by atoms with E-state index >= 15 is 0 Å². The first kappa shape index (κ1) is 27.1. The normalized spacial score (nSPS) is 12.3. The van der Waals surface area contributed by atoms with Crippen LogP contribution in [0.25, 0.3) is 0 Å². The molecule has 4 rings (SSSR count). The van der Waals surface area contributed by atoms with Crippen molar-refractivity contribution in [3.05, 3.63) is 120 Å². The molecule has 2 aliphatic rings. The van der Waals surface area contributed by atoms with E-state index in [2.05, 4.69) is 76.3 Å². The molecule has 0 spiro atoms. The summed E-state index contributed by atoms with van der Waals surface area (Å²) < 4.78 is 0. The van der Waals surface area contributed by atoms with Crippen LogP contribution < -0.4 is 0 Å². The third-order valence-corrected chi connectivity index (χ3v) is 3.88. The summed E-state index contributed by atoms with van der Waals surface area (Å²) in [6.07, 6.45) is 20.0. The van der Waals surface area contributed by atoms with Gasteiger partial charge in [-0.15, -0.1) is 12.8 Å². The van der Waals surface area contributed by atoms with Gasteiger partial charge < -0.3 is 0 Å². The fraction of sp³-hybridized carbons (Fsp3) is 0.286. The van der Waals surface area contributed by atoms with Crippen molar-refractivity contribution < 1.29 is 21.7 Å². The van der Waals surface area contributed by atoms with Crippen LogP contribution in [0.2, 0.25) is 0 Å². The maximum Gasteiger partial charge on any atom is 4.00 e. The van der Waals surface area contributed by atoms with Gasteiger partial charge >= 0.3 is 21.7 Å². The molecule has 0 fully saturated rings. The van der Waals surface area contributed by atoms with E-state index in [4.69, 9.17) is 0 Å². The van der Waals surface area contributed by atoms with Gasteiger partial charge in [0, 0.05) is 0 Å². The predicted octanol–water partition coefficient (Wildman–Crippen LogP) is 7.83. The Kier molecular flexibility index (Phi) is 17.0. The Hall–Kier alpha value is -1.89. The average Bonchev–Trinajstić information content (AvgIpc) is 3.48. The molecule has 0 radical (unpaired) electrons. The zero-order valence-electron chi connectivity index (χ0n) is 18.2. The van der Waals surface area contributed by atoms with Gasteiger partial charge in [0.15, 0.2) is 0 Å². The van der Waals surface area contributed by atoms with Crippen molar-refractivity contribution in [1.82, 2.24) is 0 Å². The Balaban J connectivity index is 0.000000369. The molecule has 0 nitrogen and oxygen atoms in total. The van der Waals surface area contributed by atoms with Gasteiger partial charge in [-0.2, -0.15) is 83.9 Å². The second-order valence-electron chi connectivity index (χ2n) is 6.95. The molecule has 0 aromatic heterocycles. The first-order valence-electron chi connectivity index (χ1n) is 9.98. The molecular weight excluding hydrogens is 384 g/mol. The minimum Gasteiger partial charge on any atom is -0.273 e. The monoisotopic (exact) mass is 416 g/mol. The smallest absolute Gasteiger partial charge is 0.273 e. The summed E-state index contributed by atoms with van der Waals surface area (Å²) in [6.45, 7) is 8.69. The van der Waals surface area contributed by atoms with E-state index in [9.17, 15) is 0 Å². The molecule has 0 amide bonds. The quantitative estimate of drug-likeness (QED) is 0.346. The van der Waals surface area contributed by atoms with Gasteiger partial charge in [0.2, 0.25) is 0 Å².